The molecule has 0 bridgehead atoms. The summed E-state index contributed by atoms with van der Waals surface area (Å²) in [5, 5.41) is 14.2. The summed E-state index contributed by atoms with van der Waals surface area (Å²) >= 11 is 4.86. The summed E-state index contributed by atoms with van der Waals surface area (Å²) in [5.74, 6) is -0.581. The lowest BCUT2D eigenvalue weighted by molar-refractivity contribution is -0.139. The van der Waals surface area contributed by atoms with Crippen LogP contribution in [-0.2, 0) is 46.6 Å². The van der Waals surface area contributed by atoms with Crippen LogP contribution in [0, 0.1) is 5.92 Å². The van der Waals surface area contributed by atoms with Gasteiger partial charge in [0.05, 0.1) is 12.6 Å². The maximum atomic E-state index is 10.4. The van der Waals surface area contributed by atoms with E-state index in [1.807, 2.05) is 74.5 Å². The second-order valence-corrected chi connectivity index (χ2v) is 10.1. The van der Waals surface area contributed by atoms with E-state index < -0.39 is 11.4 Å². The van der Waals surface area contributed by atoms with Gasteiger partial charge in [0, 0.05) is 11.6 Å². The van der Waals surface area contributed by atoms with Gasteiger partial charge in [-0.05, 0) is 55.8 Å². The third kappa shape index (κ3) is 23.6. The van der Waals surface area contributed by atoms with Crippen molar-refractivity contribution in [3.63, 3.8) is 0 Å². The molecule has 0 aromatic heterocycles. The zero-order chi connectivity index (χ0) is 33.0. The fourth-order valence-corrected chi connectivity index (χ4v) is 3.53. The van der Waals surface area contributed by atoms with Gasteiger partial charge in [-0.15, -0.1) is 0 Å². The molecule has 44 heavy (non-hydrogen) atoms. The zero-order valence-corrected chi connectivity index (χ0v) is 25.9. The van der Waals surface area contributed by atoms with Gasteiger partial charge in [0.25, 0.3) is 12.9 Å². The summed E-state index contributed by atoms with van der Waals surface area (Å²) in [6.07, 6.45) is 3.77. The van der Waals surface area contributed by atoms with Crippen LogP contribution >= 0.6 is 11.6 Å². The maximum Gasteiger partial charge on any atom is 0.403 e. The third-order valence-electron chi connectivity index (χ3n) is 5.61. The van der Waals surface area contributed by atoms with Crippen molar-refractivity contribution in [1.82, 2.24) is 10.6 Å². The predicted octanol–water partition coefficient (Wildman–Crippen LogP) is 3.78. The van der Waals surface area contributed by atoms with E-state index in [0.717, 1.165) is 49.9 Å². The van der Waals surface area contributed by atoms with E-state index in [-0.39, 0.29) is 18.0 Å². The number of ether oxygens (including phenoxy) is 3. The molecule has 1 amide bonds. The van der Waals surface area contributed by atoms with E-state index >= 15 is 0 Å². The summed E-state index contributed by atoms with van der Waals surface area (Å²) in [5.41, 5.74) is 6.29. The standard InChI is InChI=1S/2C8H8O2.C5H9ClO2.C5H10N2O.C5H9NO2/c2*9-7-10-6-8-4-2-1-3-5-8;1-4(2)3-8-5(6)7;6-5(8)4-2-1-3-7-4;7-5(8)4-2-1-3-6-4/h2*1-5,7H,6H2;4H,3H2,1-2H3;4,7H,1-3H2,(H2,6,8);4,6H,1-3H2,(H,7,8)/t;;;2*4-/m...11/s1. The van der Waals surface area contributed by atoms with Crippen LogP contribution in [-0.4, -0.2) is 67.1 Å². The predicted molar refractivity (Wildman–Crippen MR) is 166 cm³/mol. The topological polar surface area (TPSA) is 183 Å². The molecule has 2 aromatic carbocycles. The molecular weight excluding hydrogens is 594 g/mol. The average Bonchev–Trinajstić information content (AvgIpc) is 3.76. The number of carboxylic acids is 1. The van der Waals surface area contributed by atoms with Crippen molar-refractivity contribution in [1.29, 1.82) is 0 Å². The van der Waals surface area contributed by atoms with E-state index in [4.69, 9.17) is 22.4 Å². The Kier molecular flexibility index (Phi) is 24.2. The molecule has 0 saturated carbocycles. The van der Waals surface area contributed by atoms with E-state index in [1.165, 1.54) is 0 Å². The molecule has 0 radical (unpaired) electrons. The highest BCUT2D eigenvalue weighted by atomic mass is 35.5. The van der Waals surface area contributed by atoms with E-state index in [0.29, 0.717) is 38.7 Å². The first-order chi connectivity index (χ1) is 21.1. The minimum Gasteiger partial charge on any atom is -0.480 e. The number of halogens is 1. The summed E-state index contributed by atoms with van der Waals surface area (Å²) in [4.78, 5) is 49.9. The Morgan fingerprint density at radius 3 is 1.52 bits per heavy atom. The number of primary amides is 1. The Morgan fingerprint density at radius 2 is 1.30 bits per heavy atom. The van der Waals surface area contributed by atoms with Crippen LogP contribution in [0.25, 0.3) is 0 Å². The van der Waals surface area contributed by atoms with Crippen LogP contribution in [0.3, 0.4) is 0 Å². The highest BCUT2D eigenvalue weighted by Crippen LogP contribution is 2.04. The molecule has 2 fully saturated rings. The normalized spacial score (nSPS) is 16.0. The number of hydrogen-bond donors (Lipinski definition) is 4. The smallest absolute Gasteiger partial charge is 0.403 e. The van der Waals surface area contributed by atoms with Crippen molar-refractivity contribution in [2.24, 2.45) is 11.7 Å². The highest BCUT2D eigenvalue weighted by Gasteiger charge is 2.20. The zero-order valence-electron chi connectivity index (χ0n) is 25.2. The van der Waals surface area contributed by atoms with Crippen molar-refractivity contribution < 1.29 is 43.3 Å². The van der Waals surface area contributed by atoms with Gasteiger partial charge in [-0.1, -0.05) is 74.5 Å². The first kappa shape index (κ1) is 40.0. The number of carboxylic acid groups (broad SMARTS) is 1. The number of amides is 1. The lowest BCUT2D eigenvalue weighted by Gasteiger charge is -2.01. The van der Waals surface area contributed by atoms with Crippen molar-refractivity contribution in [3.8, 4) is 0 Å². The van der Waals surface area contributed by atoms with Crippen molar-refractivity contribution in [2.75, 3.05) is 19.7 Å². The molecule has 2 saturated heterocycles. The minimum absolute atomic E-state index is 0.0463. The second kappa shape index (κ2) is 26.6. The fourth-order valence-electron chi connectivity index (χ4n) is 3.46. The molecule has 2 atom stereocenters. The van der Waals surface area contributed by atoms with Gasteiger partial charge in [0.1, 0.15) is 19.3 Å². The number of nitrogens with one attached hydrogen (secondary N) is 2. The van der Waals surface area contributed by atoms with Gasteiger partial charge >= 0.3 is 11.4 Å². The molecule has 0 aliphatic carbocycles. The maximum absolute atomic E-state index is 10.4. The largest absolute Gasteiger partial charge is 0.480 e. The van der Waals surface area contributed by atoms with Gasteiger partial charge in [-0.2, -0.15) is 0 Å². The van der Waals surface area contributed by atoms with Gasteiger partial charge in [0.2, 0.25) is 5.91 Å². The van der Waals surface area contributed by atoms with Crippen LogP contribution in [0.5, 0.6) is 0 Å². The molecule has 4 rings (SSSR count). The molecule has 2 aliphatic heterocycles. The Balaban J connectivity index is 0.000000528. The third-order valence-corrected chi connectivity index (χ3v) is 5.72. The Labute approximate surface area is 263 Å². The monoisotopic (exact) mass is 637 g/mol. The number of rotatable bonds is 10. The van der Waals surface area contributed by atoms with Crippen molar-refractivity contribution in [3.05, 3.63) is 71.8 Å². The van der Waals surface area contributed by atoms with Crippen LogP contribution < -0.4 is 16.4 Å². The van der Waals surface area contributed by atoms with Gasteiger partial charge in [-0.25, -0.2) is 4.79 Å². The summed E-state index contributed by atoms with van der Waals surface area (Å²) in [7, 11) is 0. The van der Waals surface area contributed by atoms with Gasteiger partial charge < -0.3 is 35.7 Å². The number of hydrogen-bond acceptors (Lipinski definition) is 10. The minimum atomic E-state index is -0.723. The average molecular weight is 638 g/mol. The molecule has 2 aromatic rings. The van der Waals surface area contributed by atoms with Crippen LogP contribution in [0.15, 0.2) is 60.7 Å². The first-order valence-corrected chi connectivity index (χ1v) is 14.5. The molecule has 0 unspecified atom stereocenters. The Morgan fingerprint density at radius 1 is 0.864 bits per heavy atom. The molecular formula is C31H44ClN3O9. The van der Waals surface area contributed by atoms with Crippen LogP contribution in [0.4, 0.5) is 4.79 Å². The van der Waals surface area contributed by atoms with E-state index in [1.54, 1.807) is 0 Å². The number of nitrogens with two attached hydrogens (primary N) is 1. The van der Waals surface area contributed by atoms with Crippen molar-refractivity contribution in [2.45, 2.75) is 64.8 Å². The SMILES string of the molecule is CC(C)COC(=O)Cl.NC(=O)[C@H]1CCCN1.O=C(O)[C@H]1CCCN1.O=COCc1ccccc1.O=COCc1ccccc1. The Hall–Kier alpha value is -4.00. The first-order valence-electron chi connectivity index (χ1n) is 14.1. The highest BCUT2D eigenvalue weighted by molar-refractivity contribution is 6.61. The molecule has 5 N–H and O–H groups in total. The lowest BCUT2D eigenvalue weighted by atomic mass is 10.2. The summed E-state index contributed by atoms with van der Waals surface area (Å²) < 4.78 is 13.5. The lowest BCUT2D eigenvalue weighted by Crippen LogP contribution is -2.36. The number of benzene rings is 2. The van der Waals surface area contributed by atoms with Crippen LogP contribution in [0.2, 0.25) is 0 Å². The van der Waals surface area contributed by atoms with E-state index in [9.17, 15) is 24.0 Å². The summed E-state index contributed by atoms with van der Waals surface area (Å²) in [6, 6.07) is 18.8. The molecule has 2 heterocycles. The number of aliphatic carboxylic acids is 1. The van der Waals surface area contributed by atoms with Gasteiger partial charge in [0.15, 0.2) is 0 Å². The quantitative estimate of drug-likeness (QED) is 0.169. The van der Waals surface area contributed by atoms with Crippen LogP contribution in [0.1, 0.15) is 50.7 Å². The summed E-state index contributed by atoms with van der Waals surface area (Å²) in [6.45, 7) is 7.72. The molecule has 12 nitrogen and oxygen atoms in total. The second-order valence-electron chi connectivity index (χ2n) is 9.77. The van der Waals surface area contributed by atoms with Gasteiger partial charge in [-0.3, -0.25) is 19.2 Å². The fraction of sp³-hybridized carbons (Fsp3) is 0.452. The molecule has 0 spiro atoms. The Bertz CT molecular complexity index is 974. The molecule has 2 aliphatic rings. The molecule has 244 valence electrons. The number of carbonyl (C=O) groups excluding carboxylic acids is 4. The number of carbonyl (C=O) groups is 5. The van der Waals surface area contributed by atoms with Crippen molar-refractivity contribution >= 4 is 41.9 Å². The van der Waals surface area contributed by atoms with E-state index in [2.05, 4.69) is 24.8 Å². The molecule has 13 heteroatoms.